The summed E-state index contributed by atoms with van der Waals surface area (Å²) in [5.41, 5.74) is 0. The summed E-state index contributed by atoms with van der Waals surface area (Å²) in [4.78, 5) is 26.4. The third-order valence-electron chi connectivity index (χ3n) is 9.11. The van der Waals surface area contributed by atoms with Crippen LogP contribution < -0.4 is 0 Å². The molecule has 314 valence electrons. The summed E-state index contributed by atoms with van der Waals surface area (Å²) in [6.45, 7) is 5.60. The van der Waals surface area contributed by atoms with Gasteiger partial charge in [0.2, 0.25) is 6.10 Å². The van der Waals surface area contributed by atoms with E-state index >= 15 is 0 Å². The molecule has 0 aromatic carbocycles. The molecule has 0 aliphatic carbocycles. The molecular weight excluding hydrogens is 700 g/mol. The molecule has 1 aliphatic rings. The molecule has 0 radical (unpaired) electrons. The minimum Gasteiger partial charge on any atom is -0.463 e. The number of esters is 2. The van der Waals surface area contributed by atoms with E-state index < -0.39 is 61.5 Å². The molecule has 1 aliphatic heterocycles. The van der Waals surface area contributed by atoms with Crippen LogP contribution in [0.5, 0.6) is 0 Å². The lowest BCUT2D eigenvalue weighted by Crippen LogP contribution is -2.60. The number of hydrogen-bond acceptors (Lipinski definition) is 10. The predicted molar refractivity (Wildman–Crippen MR) is 219 cm³/mol. The first-order valence-corrected chi connectivity index (χ1v) is 21.0. The molecule has 0 bridgehead atoms. The van der Waals surface area contributed by atoms with Gasteiger partial charge < -0.3 is 39.4 Å². The number of aliphatic hydroxyl groups is 4. The van der Waals surface area contributed by atoms with Crippen molar-refractivity contribution in [3.05, 3.63) is 72.9 Å². The average Bonchev–Trinajstić information content (AvgIpc) is 3.18. The van der Waals surface area contributed by atoms with E-state index in [9.17, 15) is 30.0 Å². The number of hydrogen-bond donors (Lipinski definition) is 4. The van der Waals surface area contributed by atoms with Crippen LogP contribution in [0.2, 0.25) is 0 Å². The first-order chi connectivity index (χ1) is 26.8. The van der Waals surface area contributed by atoms with Crippen LogP contribution in [-0.4, -0.2) is 88.5 Å². The first-order valence-electron chi connectivity index (χ1n) is 21.0. The predicted octanol–water partition coefficient (Wildman–Crippen LogP) is 8.44. The molecule has 10 nitrogen and oxygen atoms in total. The molecule has 0 amide bonds. The average molecular weight is 775 g/mol. The van der Waals surface area contributed by atoms with Crippen LogP contribution in [0.15, 0.2) is 72.9 Å². The lowest BCUT2D eigenvalue weighted by atomic mass is 9.98. The number of aliphatic hydroxyl groups excluding tert-OH is 4. The number of allylic oxidation sites excluding steroid dienone is 12. The van der Waals surface area contributed by atoms with Gasteiger partial charge in [-0.15, -0.1) is 0 Å². The van der Waals surface area contributed by atoms with E-state index in [4.69, 9.17) is 18.9 Å². The summed E-state index contributed by atoms with van der Waals surface area (Å²) in [6, 6.07) is 0. The maximum Gasteiger partial charge on any atom is 0.350 e. The molecule has 1 heterocycles. The monoisotopic (exact) mass is 775 g/mol. The summed E-state index contributed by atoms with van der Waals surface area (Å²) in [5, 5.41) is 41.1. The molecule has 0 aromatic heterocycles. The molecular formula is C45H74O10. The Morgan fingerprint density at radius 3 is 1.69 bits per heavy atom. The van der Waals surface area contributed by atoms with E-state index in [0.29, 0.717) is 19.3 Å². The van der Waals surface area contributed by atoms with Gasteiger partial charge in [-0.25, -0.2) is 4.79 Å². The Morgan fingerprint density at radius 1 is 0.636 bits per heavy atom. The van der Waals surface area contributed by atoms with Crippen LogP contribution >= 0.6 is 0 Å². The van der Waals surface area contributed by atoms with Crippen molar-refractivity contribution in [3.8, 4) is 0 Å². The van der Waals surface area contributed by atoms with Crippen molar-refractivity contribution in [2.75, 3.05) is 13.2 Å². The molecule has 10 heteroatoms. The SMILES string of the molecule is CC/C=C\C/C=C\C/C=C\CCCCCCCC(=O)OC(C(=O)OCCC)C(CCCCC/C=C\C/C=C\C/C=C\CC)O[C@@H]1O[C@H](CO)[C@@H](O)[C@H](O)[C@H]1O. The normalized spacial score (nSPS) is 21.9. The smallest absolute Gasteiger partial charge is 0.350 e. The van der Waals surface area contributed by atoms with Gasteiger partial charge in [-0.3, -0.25) is 4.79 Å². The van der Waals surface area contributed by atoms with E-state index in [2.05, 4.69) is 86.8 Å². The quantitative estimate of drug-likeness (QED) is 0.0298. The number of ether oxygens (including phenoxy) is 4. The van der Waals surface area contributed by atoms with E-state index in [1.807, 2.05) is 6.92 Å². The van der Waals surface area contributed by atoms with Crippen LogP contribution in [0, 0.1) is 0 Å². The number of carbonyl (C=O) groups excluding carboxylic acids is 2. The maximum atomic E-state index is 13.3. The molecule has 1 fully saturated rings. The molecule has 7 atom stereocenters. The van der Waals surface area contributed by atoms with Crippen molar-refractivity contribution in [1.29, 1.82) is 0 Å². The Labute approximate surface area is 332 Å². The van der Waals surface area contributed by atoms with Gasteiger partial charge in [-0.2, -0.15) is 0 Å². The Morgan fingerprint density at radius 2 is 1.15 bits per heavy atom. The lowest BCUT2D eigenvalue weighted by Gasteiger charge is -2.41. The Hall–Kier alpha value is -2.86. The summed E-state index contributed by atoms with van der Waals surface area (Å²) >= 11 is 0. The largest absolute Gasteiger partial charge is 0.463 e. The Kier molecular flexibility index (Phi) is 31.4. The van der Waals surface area contributed by atoms with Gasteiger partial charge in [0, 0.05) is 6.42 Å². The molecule has 1 rings (SSSR count). The van der Waals surface area contributed by atoms with Crippen LogP contribution in [0.1, 0.15) is 143 Å². The third-order valence-corrected chi connectivity index (χ3v) is 9.11. The Bertz CT molecular complexity index is 1140. The first kappa shape index (κ1) is 50.2. The molecule has 0 aromatic rings. The highest BCUT2D eigenvalue weighted by Gasteiger charge is 2.46. The minimum atomic E-state index is -1.67. The summed E-state index contributed by atoms with van der Waals surface area (Å²) in [5.74, 6) is -1.31. The molecule has 1 saturated heterocycles. The van der Waals surface area contributed by atoms with Crippen molar-refractivity contribution in [2.45, 2.75) is 186 Å². The molecule has 4 N–H and O–H groups in total. The van der Waals surface area contributed by atoms with Crippen molar-refractivity contribution in [2.24, 2.45) is 0 Å². The van der Waals surface area contributed by atoms with Crippen molar-refractivity contribution >= 4 is 11.9 Å². The van der Waals surface area contributed by atoms with Gasteiger partial charge in [0.15, 0.2) is 6.29 Å². The highest BCUT2D eigenvalue weighted by molar-refractivity contribution is 5.80. The number of carbonyl (C=O) groups is 2. The van der Waals surface area contributed by atoms with E-state index in [1.165, 1.54) is 0 Å². The topological polar surface area (TPSA) is 152 Å². The second kappa shape index (κ2) is 34.4. The standard InChI is InChI=1S/C45H74O10/c1-4-7-9-11-13-15-17-19-20-22-24-26-28-30-32-34-39(47)55-43(44(51)52-35-6-3)37(53-45-42(50)41(49)40(48)38(36-46)54-45)33-31-29-27-25-23-21-18-16-14-12-10-8-5-2/h7-10,13-16,19-21,23,37-38,40-43,45-46,48-50H,4-6,11-12,17-18,22,24-36H2,1-3H3/b9-7-,10-8-,15-13-,16-14-,20-19-,23-21-/t37?,38-,40-,41+,42-,43?,45-/m1/s1. The molecule has 0 spiro atoms. The zero-order valence-corrected chi connectivity index (χ0v) is 34.1. The van der Waals surface area contributed by atoms with Crippen molar-refractivity contribution in [3.63, 3.8) is 0 Å². The van der Waals surface area contributed by atoms with E-state index in [1.54, 1.807) is 0 Å². The minimum absolute atomic E-state index is 0.124. The highest BCUT2D eigenvalue weighted by Crippen LogP contribution is 2.27. The Balaban J connectivity index is 2.76. The van der Waals surface area contributed by atoms with Crippen LogP contribution in [0.3, 0.4) is 0 Å². The number of unbranched alkanes of at least 4 members (excludes halogenated alkanes) is 8. The van der Waals surface area contributed by atoms with Crippen LogP contribution in [0.4, 0.5) is 0 Å². The van der Waals surface area contributed by atoms with Crippen LogP contribution in [-0.2, 0) is 28.5 Å². The fraction of sp³-hybridized carbons (Fsp3) is 0.689. The maximum absolute atomic E-state index is 13.3. The molecule has 0 saturated carbocycles. The second-order valence-electron chi connectivity index (χ2n) is 14.0. The van der Waals surface area contributed by atoms with Gasteiger partial charge in [0.05, 0.1) is 13.2 Å². The summed E-state index contributed by atoms with van der Waals surface area (Å²) in [7, 11) is 0. The summed E-state index contributed by atoms with van der Waals surface area (Å²) in [6.07, 6.45) is 31.5. The second-order valence-corrected chi connectivity index (χ2v) is 14.0. The zero-order chi connectivity index (χ0) is 40.4. The number of rotatable bonds is 32. The highest BCUT2D eigenvalue weighted by atomic mass is 16.7. The third kappa shape index (κ3) is 24.4. The molecule has 55 heavy (non-hydrogen) atoms. The van der Waals surface area contributed by atoms with E-state index in [0.717, 1.165) is 89.9 Å². The van der Waals surface area contributed by atoms with Gasteiger partial charge in [-0.1, -0.05) is 126 Å². The van der Waals surface area contributed by atoms with E-state index in [-0.39, 0.29) is 19.4 Å². The molecule has 2 unspecified atom stereocenters. The van der Waals surface area contributed by atoms with Gasteiger partial charge in [0.1, 0.15) is 30.5 Å². The lowest BCUT2D eigenvalue weighted by molar-refractivity contribution is -0.317. The van der Waals surface area contributed by atoms with Crippen molar-refractivity contribution in [1.82, 2.24) is 0 Å². The van der Waals surface area contributed by atoms with Gasteiger partial charge in [-0.05, 0) is 83.5 Å². The summed E-state index contributed by atoms with van der Waals surface area (Å²) < 4.78 is 22.9. The van der Waals surface area contributed by atoms with Crippen LogP contribution in [0.25, 0.3) is 0 Å². The fourth-order valence-electron chi connectivity index (χ4n) is 5.90. The zero-order valence-electron chi connectivity index (χ0n) is 34.1. The van der Waals surface area contributed by atoms with Crippen molar-refractivity contribution < 1.29 is 49.0 Å². The van der Waals surface area contributed by atoms with Gasteiger partial charge in [0.25, 0.3) is 0 Å². The fourth-order valence-corrected chi connectivity index (χ4v) is 5.90. The van der Waals surface area contributed by atoms with Gasteiger partial charge >= 0.3 is 11.9 Å².